The first-order valence-corrected chi connectivity index (χ1v) is 9.80. The van der Waals surface area contributed by atoms with Gasteiger partial charge in [-0.25, -0.2) is 0 Å². The predicted octanol–water partition coefficient (Wildman–Crippen LogP) is 3.87. The van der Waals surface area contributed by atoms with Crippen LogP contribution in [0, 0.1) is 11.8 Å². The molecule has 0 spiro atoms. The smallest absolute Gasteiger partial charge is 0.320 e. The van der Waals surface area contributed by atoms with Crippen molar-refractivity contribution in [2.24, 2.45) is 11.8 Å². The Morgan fingerprint density at radius 3 is 2.73 bits per heavy atom. The Labute approximate surface area is 156 Å². The lowest BCUT2D eigenvalue weighted by atomic mass is 9.69. The number of morpholine rings is 1. The highest BCUT2D eigenvalue weighted by atomic mass is 16.6. The van der Waals surface area contributed by atoms with Crippen LogP contribution in [0.5, 0.6) is 0 Å². The van der Waals surface area contributed by atoms with E-state index >= 15 is 0 Å². The van der Waals surface area contributed by atoms with Gasteiger partial charge in [0.05, 0.1) is 12.6 Å². The first-order chi connectivity index (χ1) is 12.4. The molecule has 1 saturated carbocycles. The van der Waals surface area contributed by atoms with Crippen molar-refractivity contribution < 1.29 is 14.3 Å². The molecule has 4 rings (SSSR count). The first-order valence-electron chi connectivity index (χ1n) is 9.80. The van der Waals surface area contributed by atoms with Crippen molar-refractivity contribution in [3.05, 3.63) is 42.0 Å². The van der Waals surface area contributed by atoms with Crippen LogP contribution in [-0.4, -0.2) is 41.4 Å². The van der Waals surface area contributed by atoms with Gasteiger partial charge in [0.1, 0.15) is 0 Å². The molecule has 2 aliphatic heterocycles. The van der Waals surface area contributed by atoms with Gasteiger partial charge in [-0.2, -0.15) is 0 Å². The molecule has 26 heavy (non-hydrogen) atoms. The van der Waals surface area contributed by atoms with Crippen LogP contribution in [0.15, 0.2) is 36.4 Å². The Kier molecular flexibility index (Phi) is 4.66. The molecule has 0 aromatic heterocycles. The number of rotatable bonds is 2. The van der Waals surface area contributed by atoms with E-state index in [2.05, 4.69) is 25.7 Å². The van der Waals surface area contributed by atoms with Crippen molar-refractivity contribution in [1.82, 2.24) is 4.90 Å². The molecule has 140 valence electrons. The SMILES string of the molecule is C[C@@H]1CC[C@@H]2[C@@H](C1)O[C@H]1[C@H](/C=C\c3ccccc3)OC(=O)CN1C2(C)C. The molecular weight excluding hydrogens is 326 g/mol. The fourth-order valence-electron chi connectivity index (χ4n) is 4.92. The maximum atomic E-state index is 12.3. The van der Waals surface area contributed by atoms with Crippen molar-refractivity contribution in [3.8, 4) is 0 Å². The number of nitrogens with zero attached hydrogens (tertiary/aromatic N) is 1. The van der Waals surface area contributed by atoms with Gasteiger partial charge in [-0.1, -0.05) is 49.8 Å². The van der Waals surface area contributed by atoms with Gasteiger partial charge in [0.15, 0.2) is 12.3 Å². The fraction of sp³-hybridized carbons (Fsp3) is 0.591. The lowest BCUT2D eigenvalue weighted by Crippen LogP contribution is -2.70. The van der Waals surface area contributed by atoms with E-state index in [1.807, 2.05) is 42.5 Å². The highest BCUT2D eigenvalue weighted by molar-refractivity contribution is 5.73. The number of carbonyl (C=O) groups is 1. The summed E-state index contributed by atoms with van der Waals surface area (Å²) in [6.45, 7) is 7.16. The van der Waals surface area contributed by atoms with Crippen molar-refractivity contribution in [1.29, 1.82) is 0 Å². The number of hydrogen-bond acceptors (Lipinski definition) is 4. The quantitative estimate of drug-likeness (QED) is 0.755. The van der Waals surface area contributed by atoms with Crippen molar-refractivity contribution in [2.45, 2.75) is 64.0 Å². The third-order valence-electron chi connectivity index (χ3n) is 6.45. The number of carbonyl (C=O) groups excluding carboxylic acids is 1. The Morgan fingerprint density at radius 2 is 1.96 bits per heavy atom. The molecule has 0 N–H and O–H groups in total. The molecule has 4 nitrogen and oxygen atoms in total. The van der Waals surface area contributed by atoms with E-state index in [0.29, 0.717) is 18.4 Å². The predicted molar refractivity (Wildman–Crippen MR) is 101 cm³/mol. The standard InChI is InChI=1S/C22H29NO3/c1-15-9-11-17-19(13-15)26-21-18(12-10-16-7-5-4-6-8-16)25-20(24)14-23(21)22(17,2)3/h4-8,10,12,15,17-19,21H,9,11,13-14H2,1-3H3/b12-10-/t15-,17-,18+,19-,21+/m1/s1. The zero-order chi connectivity index (χ0) is 18.3. The Morgan fingerprint density at radius 1 is 1.19 bits per heavy atom. The van der Waals surface area contributed by atoms with E-state index in [1.54, 1.807) is 0 Å². The average Bonchev–Trinajstić information content (AvgIpc) is 2.61. The lowest BCUT2D eigenvalue weighted by molar-refractivity contribution is -0.273. The molecule has 1 aromatic carbocycles. The van der Waals surface area contributed by atoms with E-state index in [9.17, 15) is 4.79 Å². The third-order valence-corrected chi connectivity index (χ3v) is 6.45. The Bertz CT molecular complexity index is 684. The van der Waals surface area contributed by atoms with Crippen LogP contribution in [0.2, 0.25) is 0 Å². The van der Waals surface area contributed by atoms with E-state index in [4.69, 9.17) is 9.47 Å². The summed E-state index contributed by atoms with van der Waals surface area (Å²) in [6.07, 6.45) is 7.19. The van der Waals surface area contributed by atoms with E-state index in [0.717, 1.165) is 12.0 Å². The molecule has 5 atom stereocenters. The van der Waals surface area contributed by atoms with Gasteiger partial charge in [-0.3, -0.25) is 9.69 Å². The maximum absolute atomic E-state index is 12.3. The summed E-state index contributed by atoms with van der Waals surface area (Å²) in [7, 11) is 0. The van der Waals surface area contributed by atoms with Crippen LogP contribution in [-0.2, 0) is 14.3 Å². The average molecular weight is 355 g/mol. The molecule has 0 amide bonds. The topological polar surface area (TPSA) is 38.8 Å². The monoisotopic (exact) mass is 355 g/mol. The second-order valence-corrected chi connectivity index (χ2v) is 8.60. The minimum absolute atomic E-state index is 0.0635. The van der Waals surface area contributed by atoms with Gasteiger partial charge >= 0.3 is 5.97 Å². The van der Waals surface area contributed by atoms with E-state index < -0.39 is 0 Å². The summed E-state index contributed by atoms with van der Waals surface area (Å²) >= 11 is 0. The molecule has 2 saturated heterocycles. The van der Waals surface area contributed by atoms with Gasteiger partial charge in [0.2, 0.25) is 0 Å². The van der Waals surface area contributed by atoms with Gasteiger partial charge in [-0.05, 0) is 44.2 Å². The van der Waals surface area contributed by atoms with Crippen molar-refractivity contribution >= 4 is 12.0 Å². The van der Waals surface area contributed by atoms with Gasteiger partial charge in [-0.15, -0.1) is 0 Å². The summed E-state index contributed by atoms with van der Waals surface area (Å²) in [5, 5.41) is 0. The first kappa shape index (κ1) is 17.7. The molecule has 0 unspecified atom stereocenters. The summed E-state index contributed by atoms with van der Waals surface area (Å²) < 4.78 is 12.2. The summed E-state index contributed by atoms with van der Waals surface area (Å²) in [4.78, 5) is 14.5. The molecule has 3 fully saturated rings. The summed E-state index contributed by atoms with van der Waals surface area (Å²) in [5.74, 6) is 1.01. The molecule has 0 radical (unpaired) electrons. The highest BCUT2D eigenvalue weighted by Gasteiger charge is 2.54. The van der Waals surface area contributed by atoms with Crippen LogP contribution in [0.25, 0.3) is 6.08 Å². The molecule has 3 aliphatic rings. The molecule has 4 heteroatoms. The minimum atomic E-state index is -0.367. The van der Waals surface area contributed by atoms with Crippen molar-refractivity contribution in [2.75, 3.05) is 6.54 Å². The van der Waals surface area contributed by atoms with E-state index in [-0.39, 0.29) is 29.9 Å². The van der Waals surface area contributed by atoms with Crippen molar-refractivity contribution in [3.63, 3.8) is 0 Å². The number of hydrogen-bond donors (Lipinski definition) is 0. The third kappa shape index (κ3) is 3.21. The van der Waals surface area contributed by atoms with Crippen LogP contribution < -0.4 is 0 Å². The van der Waals surface area contributed by atoms with Crippen LogP contribution in [0.4, 0.5) is 0 Å². The number of benzene rings is 1. The number of esters is 1. The second-order valence-electron chi connectivity index (χ2n) is 8.60. The highest BCUT2D eigenvalue weighted by Crippen LogP contribution is 2.46. The van der Waals surface area contributed by atoms with Crippen LogP contribution in [0.3, 0.4) is 0 Å². The summed E-state index contributed by atoms with van der Waals surface area (Å²) in [5.41, 5.74) is 1.03. The normalized spacial score (nSPS) is 37.0. The maximum Gasteiger partial charge on any atom is 0.320 e. The summed E-state index contributed by atoms with van der Waals surface area (Å²) in [6, 6.07) is 10.1. The molecule has 2 heterocycles. The Balaban J connectivity index is 1.61. The van der Waals surface area contributed by atoms with E-state index in [1.165, 1.54) is 12.8 Å². The number of cyclic esters (lactones) is 1. The zero-order valence-electron chi connectivity index (χ0n) is 15.9. The zero-order valence-corrected chi connectivity index (χ0v) is 15.9. The molecule has 1 aromatic rings. The van der Waals surface area contributed by atoms with Gasteiger partial charge in [0, 0.05) is 11.5 Å². The molecule has 1 aliphatic carbocycles. The van der Waals surface area contributed by atoms with Gasteiger partial charge in [0.25, 0.3) is 0 Å². The second kappa shape index (κ2) is 6.82. The minimum Gasteiger partial charge on any atom is -0.453 e. The van der Waals surface area contributed by atoms with Gasteiger partial charge < -0.3 is 9.47 Å². The van der Waals surface area contributed by atoms with Crippen LogP contribution in [0.1, 0.15) is 45.6 Å². The number of fused-ring (bicyclic) bond motifs is 2. The molecular formula is C22H29NO3. The fourth-order valence-corrected chi connectivity index (χ4v) is 4.92. The largest absolute Gasteiger partial charge is 0.453 e. The number of ether oxygens (including phenoxy) is 2. The molecule has 0 bridgehead atoms. The lowest BCUT2D eigenvalue weighted by Gasteiger charge is -2.59. The Hall–Kier alpha value is -1.65. The van der Waals surface area contributed by atoms with Crippen LogP contribution >= 0.6 is 0 Å².